The van der Waals surface area contributed by atoms with Crippen molar-refractivity contribution in [2.75, 3.05) is 19.6 Å². The number of piperidine rings is 1. The maximum atomic E-state index is 12.1. The van der Waals surface area contributed by atoms with E-state index in [2.05, 4.69) is 4.72 Å². The molecule has 0 bridgehead atoms. The molecule has 6 nitrogen and oxygen atoms in total. The van der Waals surface area contributed by atoms with Crippen molar-refractivity contribution in [3.8, 4) is 0 Å². The van der Waals surface area contributed by atoms with Crippen LogP contribution in [0.15, 0.2) is 0 Å². The summed E-state index contributed by atoms with van der Waals surface area (Å²) in [7, 11) is -3.79. The molecule has 0 radical (unpaired) electrons. The van der Waals surface area contributed by atoms with Crippen LogP contribution >= 0.6 is 0 Å². The first-order valence-electron chi connectivity index (χ1n) is 6.19. The maximum absolute atomic E-state index is 12.1. The second-order valence-corrected chi connectivity index (χ2v) is 6.24. The van der Waals surface area contributed by atoms with Gasteiger partial charge in [-0.2, -0.15) is 21.6 Å². The fourth-order valence-electron chi connectivity index (χ4n) is 2.10. The normalized spacial score (nSPS) is 21.0. The molecule has 0 spiro atoms. The van der Waals surface area contributed by atoms with Crippen molar-refractivity contribution in [3.63, 3.8) is 0 Å². The third-order valence-electron chi connectivity index (χ3n) is 3.07. The quantitative estimate of drug-likeness (QED) is 0.767. The molecule has 20 heavy (non-hydrogen) atoms. The summed E-state index contributed by atoms with van der Waals surface area (Å²) in [6.07, 6.45) is -4.72. The molecule has 0 aromatic heterocycles. The predicted octanol–water partition coefficient (Wildman–Crippen LogP) is 0.361. The molecule has 1 rings (SSSR count). The molecule has 1 unspecified atom stereocenters. The van der Waals surface area contributed by atoms with Crippen molar-refractivity contribution in [1.82, 2.24) is 9.62 Å². The van der Waals surface area contributed by atoms with Gasteiger partial charge in [0.15, 0.2) is 0 Å². The van der Waals surface area contributed by atoms with E-state index < -0.39 is 35.1 Å². The Morgan fingerprint density at radius 2 is 2.05 bits per heavy atom. The Kier molecular flexibility index (Phi) is 5.78. The number of nitrogens with two attached hydrogens (primary N) is 1. The first kappa shape index (κ1) is 17.2. The molecule has 1 aliphatic rings. The summed E-state index contributed by atoms with van der Waals surface area (Å²) in [4.78, 5) is 13.0. The summed E-state index contributed by atoms with van der Waals surface area (Å²) in [5.41, 5.74) is 0. The van der Waals surface area contributed by atoms with Gasteiger partial charge in [-0.05, 0) is 18.8 Å². The van der Waals surface area contributed by atoms with Gasteiger partial charge >= 0.3 is 6.18 Å². The first-order chi connectivity index (χ1) is 9.07. The molecular weight excluding hydrogens is 299 g/mol. The van der Waals surface area contributed by atoms with Gasteiger partial charge in [-0.1, -0.05) is 0 Å². The fourth-order valence-corrected chi connectivity index (χ4v) is 2.57. The number of alkyl halides is 3. The van der Waals surface area contributed by atoms with Gasteiger partial charge in [-0.3, -0.25) is 4.79 Å². The number of carbonyl (C=O) groups excluding carboxylic acids is 1. The van der Waals surface area contributed by atoms with Crippen LogP contribution in [0.25, 0.3) is 0 Å². The van der Waals surface area contributed by atoms with E-state index in [1.165, 1.54) is 4.90 Å². The number of nitrogens with one attached hydrogen (secondary N) is 1. The van der Waals surface area contributed by atoms with E-state index in [1.54, 1.807) is 0 Å². The molecule has 0 aromatic rings. The lowest BCUT2D eigenvalue weighted by Crippen LogP contribution is -2.44. The van der Waals surface area contributed by atoms with Crippen LogP contribution < -0.4 is 9.86 Å². The van der Waals surface area contributed by atoms with E-state index in [-0.39, 0.29) is 19.0 Å². The van der Waals surface area contributed by atoms with Crippen LogP contribution in [0.2, 0.25) is 0 Å². The molecule has 1 fully saturated rings. The molecule has 1 heterocycles. The Morgan fingerprint density at radius 3 is 2.60 bits per heavy atom. The van der Waals surface area contributed by atoms with Crippen LogP contribution in [0, 0.1) is 5.92 Å². The number of amides is 1. The van der Waals surface area contributed by atoms with E-state index in [4.69, 9.17) is 5.14 Å². The Labute approximate surface area is 115 Å². The number of hydrogen-bond acceptors (Lipinski definition) is 3. The Morgan fingerprint density at radius 1 is 1.40 bits per heavy atom. The van der Waals surface area contributed by atoms with Gasteiger partial charge < -0.3 is 4.90 Å². The van der Waals surface area contributed by atoms with Gasteiger partial charge in [0.25, 0.3) is 10.2 Å². The second-order valence-electron chi connectivity index (χ2n) is 4.86. The molecule has 0 aliphatic carbocycles. The third kappa shape index (κ3) is 7.06. The average Bonchev–Trinajstić information content (AvgIpc) is 2.32. The van der Waals surface area contributed by atoms with E-state index in [0.29, 0.717) is 19.4 Å². The van der Waals surface area contributed by atoms with Crippen molar-refractivity contribution < 1.29 is 26.4 Å². The smallest absolute Gasteiger partial charge is 0.342 e. The molecule has 1 aliphatic heterocycles. The number of likely N-dealkylation sites (tertiary alicyclic amines) is 1. The molecule has 1 atom stereocenters. The van der Waals surface area contributed by atoms with E-state index in [9.17, 15) is 26.4 Å². The molecule has 1 amide bonds. The van der Waals surface area contributed by atoms with E-state index >= 15 is 0 Å². The highest BCUT2D eigenvalue weighted by atomic mass is 32.2. The standard InChI is InChI=1S/C10H18F3N3O3S/c11-10(12,13)4-3-9(17)16-5-1-2-8(7-16)6-15-20(14,18)19/h8,15H,1-7H2,(H2,14,18,19). The Bertz CT molecular complexity index is 439. The molecule has 3 N–H and O–H groups in total. The lowest BCUT2D eigenvalue weighted by molar-refractivity contribution is -0.150. The summed E-state index contributed by atoms with van der Waals surface area (Å²) < 4.78 is 59.8. The Hall–Kier alpha value is -0.870. The van der Waals surface area contributed by atoms with Crippen molar-refractivity contribution in [3.05, 3.63) is 0 Å². The predicted molar refractivity (Wildman–Crippen MR) is 65.7 cm³/mol. The zero-order valence-electron chi connectivity index (χ0n) is 10.8. The van der Waals surface area contributed by atoms with Gasteiger partial charge in [-0.25, -0.2) is 9.86 Å². The molecular formula is C10H18F3N3O3S. The van der Waals surface area contributed by atoms with Crippen LogP contribution in [0.3, 0.4) is 0 Å². The van der Waals surface area contributed by atoms with Crippen LogP contribution in [0.4, 0.5) is 13.2 Å². The lowest BCUT2D eigenvalue weighted by atomic mass is 9.98. The maximum Gasteiger partial charge on any atom is 0.389 e. The van der Waals surface area contributed by atoms with Gasteiger partial charge in [0.2, 0.25) is 5.91 Å². The second kappa shape index (κ2) is 6.72. The van der Waals surface area contributed by atoms with Crippen molar-refractivity contribution >= 4 is 16.1 Å². The van der Waals surface area contributed by atoms with Crippen LogP contribution in [0.5, 0.6) is 0 Å². The number of carbonyl (C=O) groups is 1. The van der Waals surface area contributed by atoms with Gasteiger partial charge in [-0.15, -0.1) is 0 Å². The van der Waals surface area contributed by atoms with Gasteiger partial charge in [0.1, 0.15) is 0 Å². The third-order valence-corrected chi connectivity index (χ3v) is 3.64. The first-order valence-corrected chi connectivity index (χ1v) is 7.73. The number of hydrogen-bond donors (Lipinski definition) is 2. The van der Waals surface area contributed by atoms with Crippen molar-refractivity contribution in [2.45, 2.75) is 31.9 Å². The topological polar surface area (TPSA) is 92.5 Å². The summed E-state index contributed by atoms with van der Waals surface area (Å²) in [5.74, 6) is -0.681. The number of halogens is 3. The minimum atomic E-state index is -4.35. The van der Waals surface area contributed by atoms with Crippen molar-refractivity contribution in [2.24, 2.45) is 11.1 Å². The van der Waals surface area contributed by atoms with Crippen molar-refractivity contribution in [1.29, 1.82) is 0 Å². The molecule has 118 valence electrons. The van der Waals surface area contributed by atoms with E-state index in [0.717, 1.165) is 0 Å². The van der Waals surface area contributed by atoms with Crippen LogP contribution in [-0.4, -0.2) is 45.0 Å². The minimum Gasteiger partial charge on any atom is -0.342 e. The average molecular weight is 317 g/mol. The van der Waals surface area contributed by atoms with Gasteiger partial charge in [0, 0.05) is 26.1 Å². The molecule has 0 saturated carbocycles. The summed E-state index contributed by atoms with van der Waals surface area (Å²) in [6, 6.07) is 0. The van der Waals surface area contributed by atoms with Gasteiger partial charge in [0.05, 0.1) is 6.42 Å². The zero-order chi connectivity index (χ0) is 15.4. The Balaban J connectivity index is 2.42. The monoisotopic (exact) mass is 317 g/mol. The van der Waals surface area contributed by atoms with Crippen LogP contribution in [0.1, 0.15) is 25.7 Å². The number of rotatable bonds is 5. The highest BCUT2D eigenvalue weighted by Gasteiger charge is 2.30. The largest absolute Gasteiger partial charge is 0.389 e. The summed E-state index contributed by atoms with van der Waals surface area (Å²) in [5, 5.41) is 4.80. The fraction of sp³-hybridized carbons (Fsp3) is 0.900. The number of nitrogens with zero attached hydrogens (tertiary/aromatic N) is 1. The van der Waals surface area contributed by atoms with E-state index in [1.807, 2.05) is 0 Å². The summed E-state index contributed by atoms with van der Waals surface area (Å²) in [6.45, 7) is 0.740. The zero-order valence-corrected chi connectivity index (χ0v) is 11.6. The highest BCUT2D eigenvalue weighted by molar-refractivity contribution is 7.87. The molecule has 1 saturated heterocycles. The van der Waals surface area contributed by atoms with Crippen LogP contribution in [-0.2, 0) is 15.0 Å². The lowest BCUT2D eigenvalue weighted by Gasteiger charge is -2.32. The highest BCUT2D eigenvalue weighted by Crippen LogP contribution is 2.23. The molecule has 0 aromatic carbocycles. The molecule has 10 heteroatoms. The summed E-state index contributed by atoms with van der Waals surface area (Å²) >= 11 is 0. The SMILES string of the molecule is NS(=O)(=O)NCC1CCCN(C(=O)CCC(F)(F)F)C1. The minimum absolute atomic E-state index is 0.0852.